The lowest BCUT2D eigenvalue weighted by Gasteiger charge is -2.28. The fourth-order valence-corrected chi connectivity index (χ4v) is 11.6. The van der Waals surface area contributed by atoms with Gasteiger partial charge in [0.05, 0.1) is 74.0 Å². The number of H-pyrrole nitrogens is 3. The molecule has 0 bridgehead atoms. The Kier molecular flexibility index (Phi) is 24.5. The zero-order valence-corrected chi connectivity index (χ0v) is 57.0. The molecule has 1 saturated carbocycles. The summed E-state index contributed by atoms with van der Waals surface area (Å²) >= 11 is 0. The van der Waals surface area contributed by atoms with Crippen LogP contribution in [0.25, 0.3) is 32.7 Å². The Labute approximate surface area is 596 Å². The Morgan fingerprint density at radius 1 is 0.481 bits per heavy atom. The minimum atomic E-state index is -0.709. The normalized spacial score (nSPS) is 13.1. The first kappa shape index (κ1) is 74.3. The minimum absolute atomic E-state index is 0. The first-order valence-electron chi connectivity index (χ1n) is 32.8. The van der Waals surface area contributed by atoms with Gasteiger partial charge in [-0.05, 0) is 131 Å². The van der Waals surface area contributed by atoms with Crippen LogP contribution < -0.4 is 89.7 Å². The molecular formula is C72H85F3N22O7. The number of nitrogens with zero attached hydrogens (tertiary/aromatic N) is 6. The summed E-state index contributed by atoms with van der Waals surface area (Å²) in [6, 6.07) is 26.8. The molecule has 6 heterocycles. The van der Waals surface area contributed by atoms with Gasteiger partial charge in [0, 0.05) is 125 Å². The number of aromatic amines is 3. The molecule has 32 heteroatoms. The number of nitrogens with one attached hydrogen (secondary N) is 12. The van der Waals surface area contributed by atoms with Crippen LogP contribution in [0.1, 0.15) is 44.2 Å². The molecule has 12 aromatic rings. The summed E-state index contributed by atoms with van der Waals surface area (Å²) in [6.07, 6.45) is 11.7. The first-order valence-corrected chi connectivity index (χ1v) is 32.8. The molecule has 6 aromatic carbocycles. The van der Waals surface area contributed by atoms with E-state index in [1.807, 2.05) is 80.1 Å². The maximum atomic E-state index is 14.8. The lowest BCUT2D eigenvalue weighted by molar-refractivity contribution is 0.140. The number of fused-ring (bicyclic) bond motifs is 3. The fraction of sp³-hybridized carbons (Fsp3) is 0.250. The molecular weight excluding hydrogens is 1340 g/mol. The molecule has 23 N–H and O–H groups in total. The van der Waals surface area contributed by atoms with Crippen molar-refractivity contribution >= 4 is 119 Å². The Hall–Kier alpha value is -12.4. The highest BCUT2D eigenvalue weighted by Crippen LogP contribution is 2.45. The number of ether oxygens (including phenoxy) is 4. The van der Waals surface area contributed by atoms with E-state index < -0.39 is 23.2 Å². The quantitative estimate of drug-likeness (QED) is 0.0177. The molecule has 0 spiro atoms. The average Bonchev–Trinajstić information content (AvgIpc) is 1.46. The molecule has 0 aliphatic heterocycles. The summed E-state index contributed by atoms with van der Waals surface area (Å²) < 4.78 is 66.1. The van der Waals surface area contributed by atoms with Gasteiger partial charge < -0.3 is 120 Å². The van der Waals surface area contributed by atoms with Gasteiger partial charge in [0.2, 0.25) is 23.6 Å². The molecule has 1 aliphatic rings. The predicted octanol–water partition coefficient (Wildman–Crippen LogP) is 12.9. The molecule has 1 aliphatic carbocycles. The highest BCUT2D eigenvalue weighted by molar-refractivity contribution is 5.98. The van der Waals surface area contributed by atoms with Crippen molar-refractivity contribution in [3.63, 3.8) is 0 Å². The van der Waals surface area contributed by atoms with E-state index in [0.717, 1.165) is 105 Å². The van der Waals surface area contributed by atoms with Gasteiger partial charge in [-0.15, -0.1) is 0 Å². The predicted molar refractivity (Wildman–Crippen MR) is 404 cm³/mol. The topological polar surface area (TPSA) is 435 Å². The Morgan fingerprint density at radius 2 is 0.875 bits per heavy atom. The molecule has 29 nitrogen and oxygen atoms in total. The number of aromatic nitrogens is 9. The number of hydrogen-bond donors (Lipinski definition) is 19. The van der Waals surface area contributed by atoms with Crippen molar-refractivity contribution < 1.29 is 47.4 Å². The lowest BCUT2D eigenvalue weighted by Crippen LogP contribution is -2.33. The van der Waals surface area contributed by atoms with E-state index in [1.54, 1.807) is 39.3 Å². The van der Waals surface area contributed by atoms with Gasteiger partial charge in [-0.1, -0.05) is 7.43 Å². The summed E-state index contributed by atoms with van der Waals surface area (Å²) in [5.74, 6) is -0.615. The van der Waals surface area contributed by atoms with Crippen LogP contribution in [0, 0.1) is 31.3 Å². The second kappa shape index (κ2) is 34.3. The van der Waals surface area contributed by atoms with Crippen LogP contribution >= 0.6 is 0 Å². The average molecular weight is 1430 g/mol. The van der Waals surface area contributed by atoms with Gasteiger partial charge in [0.1, 0.15) is 29.1 Å². The van der Waals surface area contributed by atoms with Crippen molar-refractivity contribution in [2.75, 3.05) is 108 Å². The molecule has 0 radical (unpaired) electrons. The number of hydrogen-bond acceptors (Lipinski definition) is 26. The van der Waals surface area contributed by atoms with Gasteiger partial charge >= 0.3 is 0 Å². The molecule has 1 fully saturated rings. The highest BCUT2D eigenvalue weighted by Gasteiger charge is 2.26. The van der Waals surface area contributed by atoms with Crippen LogP contribution in [0.5, 0.6) is 40.2 Å². The molecule has 6 aromatic heterocycles. The largest absolute Gasteiger partial charge is 0.508 e. The van der Waals surface area contributed by atoms with Gasteiger partial charge in [0.25, 0.3) is 0 Å². The Balaban J connectivity index is 0.000000167. The minimum Gasteiger partial charge on any atom is -0.508 e. The lowest BCUT2D eigenvalue weighted by atomic mass is 9.93. The summed E-state index contributed by atoms with van der Waals surface area (Å²) in [4.78, 5) is 34.8. The second-order valence-corrected chi connectivity index (χ2v) is 23.7. The van der Waals surface area contributed by atoms with Gasteiger partial charge in [0.15, 0.2) is 46.4 Å². The van der Waals surface area contributed by atoms with E-state index in [2.05, 4.69) is 92.7 Å². The SMILES string of the molecule is C.COc1c(Nc2nc(Nc3cc(NCCN)cc4[nH]ccc34)ncc2F)ccc(O)c1C.COc1ccc(Nc2nc(Nc3cc(NCCN)cc4[nH]ccc34)ncc2F)c(OC)c1C.NCCNc1cc(Nc2ncc(F)c(Nc3ccc(O)c(O)c3OC3CCC[C@H](N)C3)n2)c2cc[nH]c2c1. The van der Waals surface area contributed by atoms with Crippen molar-refractivity contribution in [1.82, 2.24) is 44.9 Å². The van der Waals surface area contributed by atoms with Gasteiger partial charge in [-0.2, -0.15) is 15.0 Å². The van der Waals surface area contributed by atoms with Gasteiger partial charge in [-0.25, -0.2) is 28.1 Å². The second-order valence-electron chi connectivity index (χ2n) is 23.7. The summed E-state index contributed by atoms with van der Waals surface area (Å²) in [5.41, 5.74) is 33.0. The molecule has 0 amide bonds. The van der Waals surface area contributed by atoms with Crippen molar-refractivity contribution in [1.29, 1.82) is 0 Å². The van der Waals surface area contributed by atoms with Crippen LogP contribution in [-0.2, 0) is 0 Å². The molecule has 546 valence electrons. The van der Waals surface area contributed by atoms with Crippen LogP contribution in [0.2, 0.25) is 0 Å². The molecule has 1 unspecified atom stereocenters. The standard InChI is InChI=1S/C26H31FN8O3.C23H26FN7O2.C22H24FN7O2.CH4/c27-18-13-32-26(34-21-12-15(30-9-7-28)11-20-17(21)6-8-31-20)35-25(18)33-19-4-5-22(36)23(37)24(19)38-16-3-1-2-14(29)10-16;1-13-20(32-2)5-4-17(21(13)33-3)29-22-16(24)12-28-23(31-22)30-19-11-14(26-9-7-25)10-18-15(19)6-8-27-18;1-12-19(31)4-3-16(20(12)32-2)28-21-15(23)11-27-22(30-21)29-18-10-13(25-8-6-24)9-17-14(18)5-7-26-17;/h4-6,8,11-14,16,30-31,36-37H,1-3,7,9-10,28-29H2,(H2,32,33,34,35);4-6,8,10-12,26-27H,7,9,25H2,1-3H3,(H2,28,29,30,31);3-5,7,9-11,25-26,31H,6,8,24H2,1-2H3,(H2,27,28,29,30);1H4/t14-,16?;;;/m0.../s1. The number of aromatic hydroxyl groups is 3. The van der Waals surface area contributed by atoms with Crippen molar-refractivity contribution in [3.8, 4) is 40.2 Å². The Morgan fingerprint density at radius 3 is 1.27 bits per heavy atom. The van der Waals surface area contributed by atoms with E-state index in [4.69, 9.17) is 41.9 Å². The third kappa shape index (κ3) is 17.7. The van der Waals surface area contributed by atoms with E-state index in [0.29, 0.717) is 85.6 Å². The summed E-state index contributed by atoms with van der Waals surface area (Å²) in [7, 11) is 4.60. The third-order valence-electron chi connectivity index (χ3n) is 16.6. The fourth-order valence-electron chi connectivity index (χ4n) is 11.6. The van der Waals surface area contributed by atoms with Crippen molar-refractivity contribution in [3.05, 3.63) is 157 Å². The smallest absolute Gasteiger partial charge is 0.229 e. The molecule has 13 rings (SSSR count). The maximum absolute atomic E-state index is 14.8. The number of anilines is 15. The highest BCUT2D eigenvalue weighted by atomic mass is 19.1. The van der Waals surface area contributed by atoms with Crippen molar-refractivity contribution in [2.24, 2.45) is 22.9 Å². The van der Waals surface area contributed by atoms with E-state index in [9.17, 15) is 28.5 Å². The number of rotatable bonds is 26. The number of halogens is 3. The van der Waals surface area contributed by atoms with Crippen LogP contribution in [-0.4, -0.2) is 133 Å². The molecule has 104 heavy (non-hydrogen) atoms. The van der Waals surface area contributed by atoms with Crippen LogP contribution in [0.4, 0.5) is 99.7 Å². The van der Waals surface area contributed by atoms with E-state index in [1.165, 1.54) is 25.3 Å². The number of phenolic OH excluding ortho intramolecular Hbond substituents is 3. The third-order valence-corrected chi connectivity index (χ3v) is 16.6. The molecule has 0 saturated heterocycles. The van der Waals surface area contributed by atoms with Crippen molar-refractivity contribution in [2.45, 2.75) is 59.1 Å². The number of nitrogens with two attached hydrogens (primary N) is 4. The number of phenols is 3. The zero-order valence-electron chi connectivity index (χ0n) is 57.0. The summed E-state index contributed by atoms with van der Waals surface area (Å²) in [5, 5.41) is 61.3. The number of methoxy groups -OCH3 is 3. The first-order chi connectivity index (χ1) is 49.9. The maximum Gasteiger partial charge on any atom is 0.229 e. The zero-order chi connectivity index (χ0) is 72.7. The van der Waals surface area contributed by atoms with Crippen LogP contribution in [0.15, 0.2) is 128 Å². The van der Waals surface area contributed by atoms with Gasteiger partial charge in [-0.3, -0.25) is 0 Å². The summed E-state index contributed by atoms with van der Waals surface area (Å²) in [6.45, 7) is 6.92. The Bertz CT molecular complexity index is 4930. The molecule has 2 atom stereocenters. The monoisotopic (exact) mass is 1430 g/mol. The van der Waals surface area contributed by atoms with Crippen LogP contribution in [0.3, 0.4) is 0 Å². The van der Waals surface area contributed by atoms with E-state index >= 15 is 0 Å². The van der Waals surface area contributed by atoms with E-state index in [-0.39, 0.29) is 77.8 Å². The number of benzene rings is 6.